The van der Waals surface area contributed by atoms with Crippen LogP contribution in [0.1, 0.15) is 50.6 Å². The normalized spacial score (nSPS) is 12.5. The minimum absolute atomic E-state index is 0.0433. The van der Waals surface area contributed by atoms with Crippen LogP contribution in [-0.4, -0.2) is 49.0 Å². The molecule has 32 heavy (non-hydrogen) atoms. The quantitative estimate of drug-likeness (QED) is 0.642. The van der Waals surface area contributed by atoms with E-state index < -0.39 is 18.0 Å². The van der Waals surface area contributed by atoms with Crippen LogP contribution in [0, 0.1) is 0 Å². The fraction of sp³-hybridized carbons (Fsp3) is 0.364. The van der Waals surface area contributed by atoms with Crippen molar-refractivity contribution in [2.24, 2.45) is 0 Å². The molecule has 10 heteroatoms. The van der Waals surface area contributed by atoms with Crippen molar-refractivity contribution in [2.75, 3.05) is 25.6 Å². The topological polar surface area (TPSA) is 114 Å². The summed E-state index contributed by atoms with van der Waals surface area (Å²) in [7, 11) is 1.29. The Kier molecular flexibility index (Phi) is 7.47. The number of methoxy groups -OCH3 is 1. The van der Waals surface area contributed by atoms with Crippen LogP contribution < -0.4 is 10.6 Å². The third-order valence-corrected chi connectivity index (χ3v) is 6.20. The largest absolute Gasteiger partial charge is 0.465 e. The van der Waals surface area contributed by atoms with Crippen LogP contribution >= 0.6 is 11.3 Å². The third-order valence-electron chi connectivity index (χ3n) is 5.07. The van der Waals surface area contributed by atoms with Crippen LogP contribution in [0.25, 0.3) is 0 Å². The molecule has 1 aromatic heterocycles. The molecule has 0 unspecified atom stereocenters. The molecule has 0 saturated carbocycles. The third kappa shape index (κ3) is 5.08. The molecule has 0 radical (unpaired) electrons. The molecular formula is C22H25N3O6S. The Morgan fingerprint density at radius 3 is 2.59 bits per heavy atom. The van der Waals surface area contributed by atoms with Crippen molar-refractivity contribution in [1.82, 2.24) is 10.2 Å². The fourth-order valence-electron chi connectivity index (χ4n) is 3.49. The molecule has 0 atom stereocenters. The van der Waals surface area contributed by atoms with E-state index in [2.05, 4.69) is 10.6 Å². The number of benzene rings is 1. The van der Waals surface area contributed by atoms with Gasteiger partial charge in [0.05, 0.1) is 31.4 Å². The van der Waals surface area contributed by atoms with Gasteiger partial charge in [0.15, 0.2) is 0 Å². The highest BCUT2D eigenvalue weighted by molar-refractivity contribution is 7.17. The van der Waals surface area contributed by atoms with E-state index in [9.17, 15) is 19.2 Å². The Labute approximate surface area is 189 Å². The predicted molar refractivity (Wildman–Crippen MR) is 119 cm³/mol. The fourth-order valence-corrected chi connectivity index (χ4v) is 4.73. The lowest BCUT2D eigenvalue weighted by Crippen LogP contribution is -2.34. The molecule has 3 amide bonds. The number of anilines is 1. The number of carbonyl (C=O) groups is 4. The Hall–Kier alpha value is -3.40. The molecular weight excluding hydrogens is 434 g/mol. The second-order valence-corrected chi connectivity index (χ2v) is 8.18. The molecule has 0 aliphatic carbocycles. The minimum Gasteiger partial charge on any atom is -0.465 e. The average molecular weight is 460 g/mol. The lowest BCUT2D eigenvalue weighted by molar-refractivity contribution is -0.129. The van der Waals surface area contributed by atoms with E-state index >= 15 is 0 Å². The number of nitrogens with zero attached hydrogens (tertiary/aromatic N) is 1. The van der Waals surface area contributed by atoms with Gasteiger partial charge in [-0.1, -0.05) is 18.2 Å². The van der Waals surface area contributed by atoms with Gasteiger partial charge in [-0.25, -0.2) is 14.4 Å². The molecule has 2 aromatic rings. The molecule has 2 heterocycles. The van der Waals surface area contributed by atoms with Crippen molar-refractivity contribution in [1.29, 1.82) is 0 Å². The molecule has 9 nitrogen and oxygen atoms in total. The summed E-state index contributed by atoms with van der Waals surface area (Å²) in [5.41, 5.74) is 2.10. The number of hydrogen-bond acceptors (Lipinski definition) is 7. The molecule has 0 spiro atoms. The second kappa shape index (κ2) is 10.3. The zero-order valence-corrected chi connectivity index (χ0v) is 19.0. The van der Waals surface area contributed by atoms with Gasteiger partial charge in [-0.05, 0) is 30.5 Å². The Morgan fingerprint density at radius 1 is 1.16 bits per heavy atom. The number of hydrogen-bond donors (Lipinski definition) is 2. The molecule has 1 aromatic carbocycles. The number of nitrogens with one attached hydrogen (secondary N) is 2. The van der Waals surface area contributed by atoms with E-state index in [-0.39, 0.29) is 19.1 Å². The van der Waals surface area contributed by atoms with Gasteiger partial charge in [0.2, 0.25) is 5.91 Å². The maximum Gasteiger partial charge on any atom is 0.341 e. The first kappa shape index (κ1) is 23.3. The molecule has 0 fully saturated rings. The first-order chi connectivity index (χ1) is 15.3. The highest BCUT2D eigenvalue weighted by Gasteiger charge is 2.30. The summed E-state index contributed by atoms with van der Waals surface area (Å²) >= 11 is 1.26. The highest BCUT2D eigenvalue weighted by atomic mass is 32.1. The van der Waals surface area contributed by atoms with Crippen molar-refractivity contribution in [3.05, 3.63) is 51.4 Å². The second-order valence-electron chi connectivity index (χ2n) is 7.08. The van der Waals surface area contributed by atoms with Gasteiger partial charge in [-0.2, -0.15) is 0 Å². The van der Waals surface area contributed by atoms with Gasteiger partial charge in [-0.3, -0.25) is 10.1 Å². The number of amides is 3. The molecule has 1 aliphatic heterocycles. The number of esters is 2. The van der Waals surface area contributed by atoms with Crippen LogP contribution in [0.2, 0.25) is 0 Å². The highest BCUT2D eigenvalue weighted by Crippen LogP contribution is 2.37. The average Bonchev–Trinajstić information content (AvgIpc) is 3.14. The maximum atomic E-state index is 12.6. The zero-order valence-electron chi connectivity index (χ0n) is 18.1. The maximum absolute atomic E-state index is 12.6. The molecule has 2 N–H and O–H groups in total. The van der Waals surface area contributed by atoms with Gasteiger partial charge < -0.3 is 19.7 Å². The summed E-state index contributed by atoms with van der Waals surface area (Å²) in [6.07, 6.45) is 0.509. The Morgan fingerprint density at radius 2 is 1.91 bits per heavy atom. The number of urea groups is 1. The molecule has 0 bridgehead atoms. The lowest BCUT2D eigenvalue weighted by Gasteiger charge is -2.25. The van der Waals surface area contributed by atoms with E-state index in [0.717, 1.165) is 10.4 Å². The number of thiophene rings is 1. The summed E-state index contributed by atoms with van der Waals surface area (Å²) in [5, 5.41) is 5.81. The number of fused-ring (bicyclic) bond motifs is 1. The minimum atomic E-state index is -0.530. The number of carbonyl (C=O) groups excluding carboxylic acids is 4. The van der Waals surface area contributed by atoms with Crippen molar-refractivity contribution < 1.29 is 28.7 Å². The monoisotopic (exact) mass is 459 g/mol. The van der Waals surface area contributed by atoms with Crippen LogP contribution in [-0.2, 0) is 33.8 Å². The van der Waals surface area contributed by atoms with Crippen LogP contribution in [0.15, 0.2) is 24.3 Å². The Balaban J connectivity index is 1.78. The summed E-state index contributed by atoms with van der Waals surface area (Å²) in [5.74, 6) is -1.04. The number of ether oxygens (including phenoxy) is 2. The molecule has 170 valence electrons. The smallest absolute Gasteiger partial charge is 0.341 e. The zero-order chi connectivity index (χ0) is 23.3. The van der Waals surface area contributed by atoms with Crippen LogP contribution in [0.5, 0.6) is 0 Å². The lowest BCUT2D eigenvalue weighted by atomic mass is 10.0. The first-order valence-corrected chi connectivity index (χ1v) is 11.0. The van der Waals surface area contributed by atoms with Gasteiger partial charge in [-0.15, -0.1) is 11.3 Å². The van der Waals surface area contributed by atoms with E-state index in [1.807, 2.05) is 0 Å². The number of rotatable bonds is 6. The summed E-state index contributed by atoms with van der Waals surface area (Å²) in [6.45, 7) is 4.41. The van der Waals surface area contributed by atoms with Gasteiger partial charge in [0.25, 0.3) is 0 Å². The van der Waals surface area contributed by atoms with Crippen LogP contribution in [0.3, 0.4) is 0 Å². The van der Waals surface area contributed by atoms with Crippen molar-refractivity contribution in [3.63, 3.8) is 0 Å². The SMILES string of the molecule is CCOC(=O)c1c(NC(=O)NCc2ccccc2C(=O)OC)sc2c1CCN(C(C)=O)C2. The molecule has 0 saturated heterocycles. The summed E-state index contributed by atoms with van der Waals surface area (Å²) < 4.78 is 9.97. The Bertz CT molecular complexity index is 1050. The standard InChI is InChI=1S/C22H25N3O6S/c1-4-31-21(28)18-16-9-10-25(13(2)26)12-17(16)32-19(18)24-22(29)23-11-14-7-5-6-8-15(14)20(27)30-3/h5-8H,4,9-12H2,1-3H3,(H2,23,24,29). The predicted octanol–water partition coefficient (Wildman–Crippen LogP) is 2.94. The van der Waals surface area contributed by atoms with Crippen molar-refractivity contribution in [2.45, 2.75) is 33.4 Å². The van der Waals surface area contributed by atoms with Crippen molar-refractivity contribution >= 4 is 40.2 Å². The van der Waals surface area contributed by atoms with E-state index in [1.54, 1.807) is 36.1 Å². The van der Waals surface area contributed by atoms with Crippen molar-refractivity contribution in [3.8, 4) is 0 Å². The summed E-state index contributed by atoms with van der Waals surface area (Å²) in [4.78, 5) is 51.4. The van der Waals surface area contributed by atoms with Gasteiger partial charge in [0, 0.05) is 24.9 Å². The van der Waals surface area contributed by atoms with Gasteiger partial charge >= 0.3 is 18.0 Å². The van der Waals surface area contributed by atoms with E-state index in [0.29, 0.717) is 41.2 Å². The van der Waals surface area contributed by atoms with E-state index in [1.165, 1.54) is 25.4 Å². The van der Waals surface area contributed by atoms with Crippen LogP contribution in [0.4, 0.5) is 9.80 Å². The molecule has 1 aliphatic rings. The van der Waals surface area contributed by atoms with E-state index in [4.69, 9.17) is 9.47 Å². The first-order valence-electron chi connectivity index (χ1n) is 10.1. The summed E-state index contributed by atoms with van der Waals surface area (Å²) in [6, 6.07) is 6.28. The molecule has 3 rings (SSSR count). The van der Waals surface area contributed by atoms with Gasteiger partial charge in [0.1, 0.15) is 5.00 Å².